The highest BCUT2D eigenvalue weighted by Crippen LogP contribution is 2.26. The van der Waals surface area contributed by atoms with Gasteiger partial charge in [0.25, 0.3) is 5.91 Å². The lowest BCUT2D eigenvalue weighted by molar-refractivity contribution is -0.192. The van der Waals surface area contributed by atoms with Gasteiger partial charge in [-0.2, -0.15) is 13.2 Å². The Labute approximate surface area is 313 Å². The first-order valence-electron chi connectivity index (χ1n) is 18.1. The van der Waals surface area contributed by atoms with Crippen LogP contribution in [0.5, 0.6) is 5.75 Å². The molecular weight excluding hydrogens is 702 g/mol. The van der Waals surface area contributed by atoms with E-state index < -0.39 is 12.1 Å². The zero-order chi connectivity index (χ0) is 38.5. The largest absolute Gasteiger partial charge is 0.492 e. The molecule has 0 saturated carbocycles. The third-order valence-corrected chi connectivity index (χ3v) is 9.30. The Morgan fingerprint density at radius 1 is 0.815 bits per heavy atom. The average molecular weight is 750 g/mol. The van der Waals surface area contributed by atoms with E-state index in [4.69, 9.17) is 14.6 Å². The molecule has 4 aromatic carbocycles. The number of rotatable bonds is 12. The number of carboxylic acid groups (broad SMARTS) is 1. The van der Waals surface area contributed by atoms with Gasteiger partial charge in [-0.3, -0.25) is 19.5 Å². The van der Waals surface area contributed by atoms with Crippen molar-refractivity contribution in [3.63, 3.8) is 0 Å². The Morgan fingerprint density at radius 2 is 1.48 bits per heavy atom. The molecule has 0 aromatic heterocycles. The minimum atomic E-state index is -5.08. The van der Waals surface area contributed by atoms with Crippen molar-refractivity contribution in [2.45, 2.75) is 38.8 Å². The van der Waals surface area contributed by atoms with Gasteiger partial charge in [-0.1, -0.05) is 54.6 Å². The maximum absolute atomic E-state index is 15.0. The highest BCUT2D eigenvalue weighted by molar-refractivity contribution is 5.94. The molecule has 0 unspecified atom stereocenters. The van der Waals surface area contributed by atoms with Crippen LogP contribution in [0.2, 0.25) is 0 Å². The van der Waals surface area contributed by atoms with Gasteiger partial charge in [0.05, 0.1) is 0 Å². The topological polar surface area (TPSA) is 97.4 Å². The number of para-hydroxylation sites is 1. The molecule has 54 heavy (non-hydrogen) atoms. The second-order valence-electron chi connectivity index (χ2n) is 13.6. The van der Waals surface area contributed by atoms with Crippen LogP contribution in [-0.2, 0) is 24.4 Å². The lowest BCUT2D eigenvalue weighted by atomic mass is 10.00. The number of nitrogens with zero attached hydrogens (tertiary/aromatic N) is 3. The molecule has 4 aromatic rings. The molecule has 0 aliphatic carbocycles. The zero-order valence-corrected chi connectivity index (χ0v) is 30.3. The number of carbonyl (C=O) groups is 2. The Hall–Kier alpha value is -4.82. The van der Waals surface area contributed by atoms with Gasteiger partial charge in [0.2, 0.25) is 0 Å². The number of alkyl halides is 3. The van der Waals surface area contributed by atoms with Gasteiger partial charge < -0.3 is 20.5 Å². The Kier molecular flexibility index (Phi) is 14.6. The maximum atomic E-state index is 15.0. The molecule has 13 heteroatoms. The number of carboxylic acids is 1. The predicted molar refractivity (Wildman–Crippen MR) is 200 cm³/mol. The molecule has 1 amide bonds. The number of piperazine rings is 2. The van der Waals surface area contributed by atoms with Crippen LogP contribution in [0.15, 0.2) is 97.1 Å². The fourth-order valence-electron chi connectivity index (χ4n) is 6.49. The van der Waals surface area contributed by atoms with E-state index in [-0.39, 0.29) is 11.7 Å². The molecule has 2 fully saturated rings. The quantitative estimate of drug-likeness (QED) is 0.151. The lowest BCUT2D eigenvalue weighted by Crippen LogP contribution is -2.48. The van der Waals surface area contributed by atoms with E-state index in [2.05, 4.69) is 50.5 Å². The first-order chi connectivity index (χ1) is 25.9. The fraction of sp³-hybridized carbons (Fsp3) is 0.366. The first kappa shape index (κ1) is 40.4. The van der Waals surface area contributed by atoms with Gasteiger partial charge in [-0.15, -0.1) is 0 Å². The molecule has 2 aliphatic rings. The second kappa shape index (κ2) is 19.5. The van der Waals surface area contributed by atoms with Crippen LogP contribution in [-0.4, -0.2) is 103 Å². The number of hydrogen-bond acceptors (Lipinski definition) is 7. The fourth-order valence-corrected chi connectivity index (χ4v) is 6.49. The summed E-state index contributed by atoms with van der Waals surface area (Å²) in [5.41, 5.74) is 5.20. The standard InChI is InChI=1S/C39H46FN5O2.C2HF3O2/c1-30-27-45(16-15-41-30)29-32-7-5-9-34(23-32)37-25-31(13-14-38(37)40)26-42-39(46)35-10-6-8-33(24-35)28-44-19-17-43(18-20-44)21-22-47-36-11-3-2-4-12-36;3-2(4,5)1(6)7/h2-14,23-25,30,41H,15-22,26-29H2,1H3,(H,42,46);(H,6,7)/t30-;/m0./s1. The van der Waals surface area contributed by atoms with Crippen LogP contribution in [0, 0.1) is 5.82 Å². The zero-order valence-electron chi connectivity index (χ0n) is 30.3. The molecule has 288 valence electrons. The molecule has 2 heterocycles. The number of halogens is 4. The number of hydrogen-bond donors (Lipinski definition) is 3. The van der Waals surface area contributed by atoms with Crippen LogP contribution in [0.25, 0.3) is 11.1 Å². The van der Waals surface area contributed by atoms with Crippen LogP contribution >= 0.6 is 0 Å². The molecule has 2 aliphatic heterocycles. The van der Waals surface area contributed by atoms with E-state index in [0.29, 0.717) is 30.3 Å². The summed E-state index contributed by atoms with van der Waals surface area (Å²) in [6.07, 6.45) is -5.08. The van der Waals surface area contributed by atoms with E-state index in [1.165, 1.54) is 11.6 Å². The van der Waals surface area contributed by atoms with Crippen molar-refractivity contribution >= 4 is 11.9 Å². The molecule has 6 rings (SSSR count). The van der Waals surface area contributed by atoms with Crippen molar-refractivity contribution in [2.75, 3.05) is 59.0 Å². The molecule has 0 bridgehead atoms. The predicted octanol–water partition coefficient (Wildman–Crippen LogP) is 6.05. The summed E-state index contributed by atoms with van der Waals surface area (Å²) >= 11 is 0. The van der Waals surface area contributed by atoms with Gasteiger partial charge in [0.1, 0.15) is 18.2 Å². The van der Waals surface area contributed by atoms with Crippen molar-refractivity contribution in [2.24, 2.45) is 0 Å². The maximum Gasteiger partial charge on any atom is 0.490 e. The van der Waals surface area contributed by atoms with Crippen LogP contribution < -0.4 is 15.4 Å². The Morgan fingerprint density at radius 3 is 2.19 bits per heavy atom. The number of amides is 1. The number of nitrogens with one attached hydrogen (secondary N) is 2. The molecule has 9 nitrogen and oxygen atoms in total. The van der Waals surface area contributed by atoms with Gasteiger partial charge in [-0.25, -0.2) is 9.18 Å². The van der Waals surface area contributed by atoms with Crippen molar-refractivity contribution in [1.82, 2.24) is 25.3 Å². The van der Waals surface area contributed by atoms with E-state index >= 15 is 4.39 Å². The number of ether oxygens (including phenoxy) is 1. The molecule has 0 radical (unpaired) electrons. The van der Waals surface area contributed by atoms with Gasteiger partial charge in [0.15, 0.2) is 0 Å². The SMILES string of the molecule is C[C@H]1CN(Cc2cccc(-c3cc(CNC(=O)c4cccc(CN5CCN(CCOc6ccccc6)CC5)c4)ccc3F)c2)CCN1.O=C(O)C(F)(F)F. The van der Waals surface area contributed by atoms with E-state index in [0.717, 1.165) is 87.9 Å². The summed E-state index contributed by atoms with van der Waals surface area (Å²) in [7, 11) is 0. The number of benzene rings is 4. The van der Waals surface area contributed by atoms with Crippen molar-refractivity contribution in [3.05, 3.63) is 125 Å². The summed E-state index contributed by atoms with van der Waals surface area (Å²) in [6, 6.07) is 31.5. The molecule has 3 N–H and O–H groups in total. The third kappa shape index (κ3) is 12.7. The molecular formula is C41H47F4N5O4. The summed E-state index contributed by atoms with van der Waals surface area (Å²) in [5, 5.41) is 13.7. The van der Waals surface area contributed by atoms with Gasteiger partial charge in [0, 0.05) is 89.2 Å². The smallest absolute Gasteiger partial charge is 0.490 e. The van der Waals surface area contributed by atoms with Crippen molar-refractivity contribution in [1.29, 1.82) is 0 Å². The van der Waals surface area contributed by atoms with E-state index in [1.54, 1.807) is 6.07 Å². The molecule has 2 saturated heterocycles. The second-order valence-corrected chi connectivity index (χ2v) is 13.6. The monoisotopic (exact) mass is 749 g/mol. The van der Waals surface area contributed by atoms with Crippen LogP contribution in [0.3, 0.4) is 0 Å². The normalized spacial score (nSPS) is 16.9. The summed E-state index contributed by atoms with van der Waals surface area (Å²) in [5.74, 6) is -2.24. The minimum Gasteiger partial charge on any atom is -0.492 e. The van der Waals surface area contributed by atoms with E-state index in [9.17, 15) is 18.0 Å². The average Bonchev–Trinajstić information content (AvgIpc) is 3.15. The summed E-state index contributed by atoms with van der Waals surface area (Å²) in [6.45, 7) is 12.7. The summed E-state index contributed by atoms with van der Waals surface area (Å²) in [4.78, 5) is 29.4. The summed E-state index contributed by atoms with van der Waals surface area (Å²) < 4.78 is 52.6. The molecule has 0 spiro atoms. The van der Waals surface area contributed by atoms with Crippen LogP contribution in [0.1, 0.15) is 34.0 Å². The van der Waals surface area contributed by atoms with E-state index in [1.807, 2.05) is 66.7 Å². The minimum absolute atomic E-state index is 0.131. The van der Waals surface area contributed by atoms with Gasteiger partial charge >= 0.3 is 12.1 Å². The lowest BCUT2D eigenvalue weighted by Gasteiger charge is -2.34. The van der Waals surface area contributed by atoms with Crippen molar-refractivity contribution < 1.29 is 37.0 Å². The number of carbonyl (C=O) groups excluding carboxylic acids is 1. The highest BCUT2D eigenvalue weighted by atomic mass is 19.4. The van der Waals surface area contributed by atoms with Gasteiger partial charge in [-0.05, 0) is 71.6 Å². The molecule has 1 atom stereocenters. The number of aliphatic carboxylic acids is 1. The highest BCUT2D eigenvalue weighted by Gasteiger charge is 2.38. The van der Waals surface area contributed by atoms with Crippen LogP contribution in [0.4, 0.5) is 17.6 Å². The Bertz CT molecular complexity index is 1820. The first-order valence-corrected chi connectivity index (χ1v) is 18.1. The van der Waals surface area contributed by atoms with Crippen molar-refractivity contribution in [3.8, 4) is 16.9 Å². The third-order valence-electron chi connectivity index (χ3n) is 9.30. The Balaban J connectivity index is 0.000000730.